The van der Waals surface area contributed by atoms with Gasteiger partial charge in [-0.2, -0.15) is 0 Å². The van der Waals surface area contributed by atoms with E-state index in [9.17, 15) is 33.9 Å². The number of carbonyl (C=O) groups is 6. The van der Waals surface area contributed by atoms with Crippen molar-refractivity contribution in [3.05, 3.63) is 34.6 Å². The lowest BCUT2D eigenvalue weighted by atomic mass is 10.0. The number of esters is 1. The van der Waals surface area contributed by atoms with E-state index in [-0.39, 0.29) is 34.5 Å². The molecule has 44 heavy (non-hydrogen) atoms. The summed E-state index contributed by atoms with van der Waals surface area (Å²) in [5, 5.41) is 22.1. The number of carbonyl (C=O) groups excluding carboxylic acids is 5. The summed E-state index contributed by atoms with van der Waals surface area (Å²) in [5.74, 6) is -2.84. The van der Waals surface area contributed by atoms with E-state index < -0.39 is 47.4 Å². The van der Waals surface area contributed by atoms with Crippen LogP contribution in [0.25, 0.3) is 0 Å². The maximum atomic E-state index is 13.3. The Hall–Kier alpha value is -4.78. The van der Waals surface area contributed by atoms with Gasteiger partial charge in [-0.05, 0) is 20.8 Å². The van der Waals surface area contributed by atoms with Crippen molar-refractivity contribution in [2.75, 3.05) is 23.0 Å². The van der Waals surface area contributed by atoms with Gasteiger partial charge in [0.05, 0.1) is 13.1 Å². The number of fused-ring (bicyclic) bond motifs is 1. The number of carboxylic acids is 1. The van der Waals surface area contributed by atoms with E-state index in [1.54, 1.807) is 49.4 Å². The van der Waals surface area contributed by atoms with Crippen molar-refractivity contribution >= 4 is 76.3 Å². The van der Waals surface area contributed by atoms with Gasteiger partial charge in [-0.3, -0.25) is 24.1 Å². The first-order valence-electron chi connectivity index (χ1n) is 12.9. The van der Waals surface area contributed by atoms with Gasteiger partial charge in [0.15, 0.2) is 29.4 Å². The molecule has 4 heterocycles. The minimum Gasteiger partial charge on any atom is -0.477 e. The van der Waals surface area contributed by atoms with E-state index in [0.29, 0.717) is 24.2 Å². The minimum atomic E-state index is -1.31. The van der Waals surface area contributed by atoms with Gasteiger partial charge >= 0.3 is 11.9 Å². The third kappa shape index (κ3) is 7.05. The first-order valence-corrected chi connectivity index (χ1v) is 14.8. The normalized spacial score (nSPS) is 18.1. The van der Waals surface area contributed by atoms with Crippen LogP contribution in [0.5, 0.6) is 0 Å². The first-order chi connectivity index (χ1) is 20.8. The number of β-lactam (4-membered cyclic amide) rings is 1. The van der Waals surface area contributed by atoms with E-state index in [1.807, 2.05) is 0 Å². The first kappa shape index (κ1) is 32.1. The smallest absolute Gasteiger partial charge is 0.352 e. The highest BCUT2D eigenvalue weighted by Gasteiger charge is 2.55. The van der Waals surface area contributed by atoms with Crippen LogP contribution in [0.1, 0.15) is 26.5 Å². The average molecular weight is 650 g/mol. The lowest BCUT2D eigenvalue weighted by Gasteiger charge is -2.49. The van der Waals surface area contributed by atoms with Gasteiger partial charge in [0, 0.05) is 16.7 Å². The van der Waals surface area contributed by atoms with Crippen molar-refractivity contribution < 1.29 is 48.1 Å². The fourth-order valence-electron chi connectivity index (χ4n) is 4.30. The molecular formula is C25H29N8O9S2+. The molecule has 0 saturated carbocycles. The number of ether oxygens (including phenoxy) is 1. The predicted octanol–water partition coefficient (Wildman–Crippen LogP) is -0.593. The highest BCUT2D eigenvalue weighted by Crippen LogP contribution is 2.40. The molecule has 2 aromatic heterocycles. The molecule has 0 unspecified atom stereocenters. The SMILES string of the molecule is Cn1c(NC=O)cc[n+]1CC1=C(C(=O)O)N2C(=O)[C@@H](NC(=O)C(=NOCC(=O)OC(C)(C)C)c3csc(NC=O)n3)[C@H]2SC1. The third-order valence-electron chi connectivity index (χ3n) is 6.14. The van der Waals surface area contributed by atoms with E-state index in [0.717, 1.165) is 16.2 Å². The number of oxime groups is 1. The van der Waals surface area contributed by atoms with Gasteiger partial charge in [-0.25, -0.2) is 14.6 Å². The molecule has 0 aliphatic carbocycles. The Kier molecular flexibility index (Phi) is 9.68. The Morgan fingerprint density at radius 2 is 1.98 bits per heavy atom. The Morgan fingerprint density at radius 1 is 1.25 bits per heavy atom. The molecule has 0 aromatic carbocycles. The number of hydrogen-bond donors (Lipinski definition) is 4. The van der Waals surface area contributed by atoms with E-state index in [4.69, 9.17) is 9.57 Å². The average Bonchev–Trinajstić information content (AvgIpc) is 3.55. The lowest BCUT2D eigenvalue weighted by molar-refractivity contribution is -0.765. The molecule has 2 aliphatic rings. The van der Waals surface area contributed by atoms with Crippen molar-refractivity contribution in [1.82, 2.24) is 19.9 Å². The summed E-state index contributed by atoms with van der Waals surface area (Å²) in [7, 11) is 1.68. The maximum absolute atomic E-state index is 13.3. The van der Waals surface area contributed by atoms with E-state index >= 15 is 0 Å². The number of carboxylic acid groups (broad SMARTS) is 1. The number of anilines is 2. The number of aliphatic carboxylic acids is 1. The van der Waals surface area contributed by atoms with Crippen molar-refractivity contribution in [2.24, 2.45) is 12.2 Å². The van der Waals surface area contributed by atoms with Crippen LogP contribution in [0.2, 0.25) is 0 Å². The molecule has 1 saturated heterocycles. The molecule has 17 nitrogen and oxygen atoms in total. The number of aromatic nitrogens is 3. The molecule has 2 aromatic rings. The second kappa shape index (κ2) is 13.2. The Bertz CT molecular complexity index is 1560. The number of nitrogens with zero attached hydrogens (tertiary/aromatic N) is 5. The summed E-state index contributed by atoms with van der Waals surface area (Å²) < 4.78 is 8.46. The van der Waals surface area contributed by atoms with Crippen molar-refractivity contribution in [3.63, 3.8) is 0 Å². The molecular weight excluding hydrogens is 620 g/mol. The number of amides is 4. The number of thiazole rings is 1. The summed E-state index contributed by atoms with van der Waals surface area (Å²) in [6.07, 6.45) is 2.59. The summed E-state index contributed by atoms with van der Waals surface area (Å²) in [6, 6.07) is 0.544. The topological polar surface area (TPSA) is 214 Å². The largest absolute Gasteiger partial charge is 0.477 e. The number of nitrogens with one attached hydrogen (secondary N) is 3. The Balaban J connectivity index is 1.52. The van der Waals surface area contributed by atoms with Crippen molar-refractivity contribution in [1.29, 1.82) is 0 Å². The van der Waals surface area contributed by atoms with Crippen LogP contribution in [0.3, 0.4) is 0 Å². The van der Waals surface area contributed by atoms with Crippen LogP contribution in [-0.2, 0) is 51.9 Å². The van der Waals surface area contributed by atoms with Crippen LogP contribution < -0.4 is 20.6 Å². The molecule has 0 radical (unpaired) electrons. The fraction of sp³-hybridized carbons (Fsp3) is 0.400. The zero-order chi connectivity index (χ0) is 32.2. The number of hydrogen-bond acceptors (Lipinski definition) is 12. The third-order valence-corrected chi connectivity index (χ3v) is 8.25. The minimum absolute atomic E-state index is 0.00241. The van der Waals surface area contributed by atoms with Crippen LogP contribution >= 0.6 is 23.1 Å². The highest BCUT2D eigenvalue weighted by atomic mass is 32.2. The zero-order valence-electron chi connectivity index (χ0n) is 23.9. The standard InChI is InChI=1S/C25H28N8O9S2/c1-25(2,3)42-16(36)8-41-30-17(14-10-44-24(28-14)27-12-35)20(37)29-18-21(38)33-19(23(39)40)13(9-43-22(18)33)7-32-6-5-15(26-11-34)31(32)4/h5-6,10-12,18,22H,7-9H2,1-4H3,(H3,27,28,29,35,37,39,40)/p+1/t18-,22-/m1/s1. The molecule has 4 rings (SSSR count). The van der Waals surface area contributed by atoms with Gasteiger partial charge < -0.3 is 30.6 Å². The monoisotopic (exact) mass is 649 g/mol. The molecule has 4 N–H and O–H groups in total. The summed E-state index contributed by atoms with van der Waals surface area (Å²) >= 11 is 2.26. The van der Waals surface area contributed by atoms with Crippen LogP contribution in [0, 0.1) is 0 Å². The van der Waals surface area contributed by atoms with Crippen LogP contribution in [-0.4, -0.2) is 91.3 Å². The van der Waals surface area contributed by atoms with Gasteiger partial charge in [-0.1, -0.05) is 5.16 Å². The van der Waals surface area contributed by atoms with Crippen LogP contribution in [0.4, 0.5) is 10.9 Å². The van der Waals surface area contributed by atoms with E-state index in [1.165, 1.54) is 17.1 Å². The molecule has 234 valence electrons. The van der Waals surface area contributed by atoms with Crippen molar-refractivity contribution in [2.45, 2.75) is 44.3 Å². The fourth-order valence-corrected chi connectivity index (χ4v) is 6.29. The quantitative estimate of drug-likeness (QED) is 0.0537. The Morgan fingerprint density at radius 3 is 2.64 bits per heavy atom. The zero-order valence-corrected chi connectivity index (χ0v) is 25.6. The molecule has 19 heteroatoms. The number of rotatable bonds is 13. The van der Waals surface area contributed by atoms with Gasteiger partial charge in [0.25, 0.3) is 11.8 Å². The molecule has 1 fully saturated rings. The molecule has 0 bridgehead atoms. The molecule has 2 atom stereocenters. The maximum Gasteiger partial charge on any atom is 0.352 e. The highest BCUT2D eigenvalue weighted by molar-refractivity contribution is 8.00. The summed E-state index contributed by atoms with van der Waals surface area (Å²) in [5.41, 5.74) is -0.900. The molecule has 0 spiro atoms. The van der Waals surface area contributed by atoms with Gasteiger partial charge in [0.1, 0.15) is 28.4 Å². The number of thioether (sulfide) groups is 1. The lowest BCUT2D eigenvalue weighted by Crippen LogP contribution is -2.71. The van der Waals surface area contributed by atoms with Crippen LogP contribution in [0.15, 0.2) is 34.1 Å². The molecule has 2 aliphatic heterocycles. The Labute approximate surface area is 258 Å². The predicted molar refractivity (Wildman–Crippen MR) is 155 cm³/mol. The second-order valence-electron chi connectivity index (χ2n) is 10.3. The molecule has 4 amide bonds. The summed E-state index contributed by atoms with van der Waals surface area (Å²) in [4.78, 5) is 82.8. The van der Waals surface area contributed by atoms with Gasteiger partial charge in [-0.15, -0.1) is 32.5 Å². The second-order valence-corrected chi connectivity index (χ2v) is 12.3. The van der Waals surface area contributed by atoms with Gasteiger partial charge in [0.2, 0.25) is 19.4 Å². The van der Waals surface area contributed by atoms with Crippen molar-refractivity contribution in [3.8, 4) is 0 Å². The van der Waals surface area contributed by atoms with E-state index in [2.05, 4.69) is 26.1 Å². The summed E-state index contributed by atoms with van der Waals surface area (Å²) in [6.45, 7) is 4.52.